The maximum atomic E-state index is 13.7. The number of amides is 1. The van der Waals surface area contributed by atoms with E-state index in [0.29, 0.717) is 17.2 Å². The molecule has 140 valence electrons. The average molecular weight is 389 g/mol. The number of hydrogen-bond donors (Lipinski definition) is 2. The lowest BCUT2D eigenvalue weighted by Gasteiger charge is -2.19. The van der Waals surface area contributed by atoms with Gasteiger partial charge in [-0.2, -0.15) is 0 Å². The summed E-state index contributed by atoms with van der Waals surface area (Å²) in [6.45, 7) is 1.49. The highest BCUT2D eigenvalue weighted by Gasteiger charge is 2.20. The Morgan fingerprint density at radius 2 is 1.69 bits per heavy atom. The van der Waals surface area contributed by atoms with Gasteiger partial charge in [0.1, 0.15) is 17.5 Å². The summed E-state index contributed by atoms with van der Waals surface area (Å²) in [5.74, 6) is -4.41. The minimum Gasteiger partial charge on any atom is -0.495 e. The Bertz CT molecular complexity index is 833. The van der Waals surface area contributed by atoms with Gasteiger partial charge < -0.3 is 20.1 Å². The number of anilines is 2. The van der Waals surface area contributed by atoms with Crippen LogP contribution in [-0.2, 0) is 4.79 Å². The Morgan fingerprint density at radius 3 is 2.31 bits per heavy atom. The van der Waals surface area contributed by atoms with Gasteiger partial charge in [0.2, 0.25) is 5.91 Å². The molecular formula is C17H16ClF3N2O3. The van der Waals surface area contributed by atoms with Crippen LogP contribution in [0.1, 0.15) is 6.92 Å². The second-order valence-electron chi connectivity index (χ2n) is 5.27. The average Bonchev–Trinajstić information content (AvgIpc) is 2.62. The van der Waals surface area contributed by atoms with Crippen LogP contribution in [0, 0.1) is 17.5 Å². The lowest BCUT2D eigenvalue weighted by atomic mass is 10.2. The molecule has 0 fully saturated rings. The number of nitrogens with one attached hydrogen (secondary N) is 2. The van der Waals surface area contributed by atoms with Crippen molar-refractivity contribution in [3.05, 3.63) is 46.7 Å². The van der Waals surface area contributed by atoms with Crippen LogP contribution >= 0.6 is 11.6 Å². The molecule has 0 bridgehead atoms. The molecule has 0 heterocycles. The molecule has 1 amide bonds. The number of carbonyl (C=O) groups excluding carboxylic acids is 1. The van der Waals surface area contributed by atoms with Crippen molar-refractivity contribution in [3.63, 3.8) is 0 Å². The fourth-order valence-corrected chi connectivity index (χ4v) is 2.38. The molecular weight excluding hydrogens is 373 g/mol. The van der Waals surface area contributed by atoms with Gasteiger partial charge in [-0.25, -0.2) is 13.2 Å². The summed E-state index contributed by atoms with van der Waals surface area (Å²) < 4.78 is 50.1. The molecule has 5 nitrogen and oxygen atoms in total. The van der Waals surface area contributed by atoms with Crippen LogP contribution in [0.5, 0.6) is 11.5 Å². The summed E-state index contributed by atoms with van der Waals surface area (Å²) in [7, 11) is 2.87. The fraction of sp³-hybridized carbons (Fsp3) is 0.235. The van der Waals surface area contributed by atoms with Crippen molar-refractivity contribution in [3.8, 4) is 11.5 Å². The van der Waals surface area contributed by atoms with Crippen molar-refractivity contribution >= 4 is 28.9 Å². The Balaban J connectivity index is 2.17. The Kier molecular flexibility index (Phi) is 6.20. The van der Waals surface area contributed by atoms with Gasteiger partial charge in [-0.05, 0) is 25.1 Å². The summed E-state index contributed by atoms with van der Waals surface area (Å²) in [4.78, 5) is 12.2. The number of ether oxygens (including phenoxy) is 2. The first-order valence-electron chi connectivity index (χ1n) is 7.40. The fourth-order valence-electron chi connectivity index (χ4n) is 2.14. The molecule has 2 aromatic carbocycles. The highest BCUT2D eigenvalue weighted by molar-refractivity contribution is 6.32. The predicted octanol–water partition coefficient (Wildman–Crippen LogP) is 4.21. The van der Waals surface area contributed by atoms with Crippen LogP contribution in [0.2, 0.25) is 5.02 Å². The molecule has 0 saturated heterocycles. The van der Waals surface area contributed by atoms with Gasteiger partial charge in [0, 0.05) is 6.07 Å². The van der Waals surface area contributed by atoms with Gasteiger partial charge in [-0.1, -0.05) is 11.6 Å². The monoisotopic (exact) mass is 388 g/mol. The lowest BCUT2D eigenvalue weighted by molar-refractivity contribution is -0.116. The van der Waals surface area contributed by atoms with Crippen molar-refractivity contribution < 1.29 is 27.4 Å². The first kappa shape index (κ1) is 19.7. The van der Waals surface area contributed by atoms with E-state index in [1.54, 1.807) is 0 Å². The highest BCUT2D eigenvalue weighted by atomic mass is 35.5. The summed E-state index contributed by atoms with van der Waals surface area (Å²) >= 11 is 6.06. The molecule has 0 spiro atoms. The van der Waals surface area contributed by atoms with E-state index < -0.39 is 35.1 Å². The van der Waals surface area contributed by atoms with Crippen molar-refractivity contribution in [2.45, 2.75) is 13.0 Å². The second kappa shape index (κ2) is 8.18. The van der Waals surface area contributed by atoms with Gasteiger partial charge >= 0.3 is 0 Å². The molecule has 0 aliphatic rings. The molecule has 2 N–H and O–H groups in total. The van der Waals surface area contributed by atoms with Crippen molar-refractivity contribution in [2.75, 3.05) is 24.9 Å². The van der Waals surface area contributed by atoms with E-state index in [1.807, 2.05) is 0 Å². The number of hydrogen-bond acceptors (Lipinski definition) is 4. The lowest BCUT2D eigenvalue weighted by Crippen LogP contribution is -2.32. The minimum absolute atomic E-state index is 0.287. The van der Waals surface area contributed by atoms with Gasteiger partial charge in [0.05, 0.1) is 30.6 Å². The van der Waals surface area contributed by atoms with Crippen LogP contribution < -0.4 is 20.1 Å². The summed E-state index contributed by atoms with van der Waals surface area (Å²) in [5.41, 5.74) is -0.0750. The zero-order valence-electron chi connectivity index (χ0n) is 14.1. The third-order valence-corrected chi connectivity index (χ3v) is 3.83. The molecule has 1 atom stereocenters. The Labute approximate surface area is 153 Å². The summed E-state index contributed by atoms with van der Waals surface area (Å²) in [6, 6.07) is 3.81. The van der Waals surface area contributed by atoms with E-state index >= 15 is 0 Å². The second-order valence-corrected chi connectivity index (χ2v) is 5.67. The molecule has 0 aromatic heterocycles. The zero-order valence-corrected chi connectivity index (χ0v) is 14.9. The number of benzene rings is 2. The van der Waals surface area contributed by atoms with E-state index in [0.717, 1.165) is 12.1 Å². The largest absolute Gasteiger partial charge is 0.495 e. The third kappa shape index (κ3) is 4.13. The number of halogens is 4. The molecule has 0 saturated carbocycles. The number of rotatable bonds is 6. The quantitative estimate of drug-likeness (QED) is 0.728. The summed E-state index contributed by atoms with van der Waals surface area (Å²) in [5, 5.41) is 5.33. The van der Waals surface area contributed by atoms with Crippen LogP contribution in [0.25, 0.3) is 0 Å². The van der Waals surface area contributed by atoms with Crippen LogP contribution in [-0.4, -0.2) is 26.2 Å². The van der Waals surface area contributed by atoms with Gasteiger partial charge in [0.25, 0.3) is 0 Å². The highest BCUT2D eigenvalue weighted by Crippen LogP contribution is 2.36. The standard InChI is InChI=1S/C17H16ClF3N2O3/c1-8(17(24)23-11-5-4-10(19)15(20)16(11)21)22-12-6-9(18)13(25-2)7-14(12)26-3/h4-8,22H,1-3H3,(H,23,24)/t8-/m0/s1. The zero-order chi connectivity index (χ0) is 19.4. The Hall–Kier alpha value is -2.61. The molecule has 0 radical (unpaired) electrons. The molecule has 9 heteroatoms. The van der Waals surface area contributed by atoms with Gasteiger partial charge in [0.15, 0.2) is 17.5 Å². The van der Waals surface area contributed by atoms with E-state index in [4.69, 9.17) is 21.1 Å². The molecule has 26 heavy (non-hydrogen) atoms. The number of methoxy groups -OCH3 is 2. The van der Waals surface area contributed by atoms with E-state index in [9.17, 15) is 18.0 Å². The molecule has 0 aliphatic heterocycles. The molecule has 2 aromatic rings. The van der Waals surface area contributed by atoms with E-state index in [-0.39, 0.29) is 5.02 Å². The normalized spacial score (nSPS) is 11.7. The van der Waals surface area contributed by atoms with Crippen molar-refractivity contribution in [2.24, 2.45) is 0 Å². The van der Waals surface area contributed by atoms with Crippen molar-refractivity contribution in [1.82, 2.24) is 0 Å². The smallest absolute Gasteiger partial charge is 0.246 e. The first-order valence-corrected chi connectivity index (χ1v) is 7.78. The topological polar surface area (TPSA) is 59.6 Å². The molecule has 0 unspecified atom stereocenters. The van der Waals surface area contributed by atoms with Crippen LogP contribution in [0.15, 0.2) is 24.3 Å². The minimum atomic E-state index is -1.66. The van der Waals surface area contributed by atoms with Gasteiger partial charge in [-0.15, -0.1) is 0 Å². The Morgan fingerprint density at radius 1 is 1.04 bits per heavy atom. The summed E-state index contributed by atoms with van der Waals surface area (Å²) in [6.07, 6.45) is 0. The molecule has 2 rings (SSSR count). The van der Waals surface area contributed by atoms with E-state index in [1.165, 1.54) is 33.3 Å². The third-order valence-electron chi connectivity index (χ3n) is 3.53. The predicted molar refractivity (Wildman–Crippen MR) is 92.6 cm³/mol. The first-order chi connectivity index (χ1) is 12.3. The van der Waals surface area contributed by atoms with Gasteiger partial charge in [-0.3, -0.25) is 4.79 Å². The van der Waals surface area contributed by atoms with Crippen molar-refractivity contribution in [1.29, 1.82) is 0 Å². The van der Waals surface area contributed by atoms with Crippen LogP contribution in [0.4, 0.5) is 24.5 Å². The SMILES string of the molecule is COc1cc(OC)c(N[C@@H](C)C(=O)Nc2ccc(F)c(F)c2F)cc1Cl. The number of carbonyl (C=O) groups is 1. The molecule has 0 aliphatic carbocycles. The maximum Gasteiger partial charge on any atom is 0.246 e. The maximum absolute atomic E-state index is 13.7. The van der Waals surface area contributed by atoms with Crippen LogP contribution in [0.3, 0.4) is 0 Å². The van der Waals surface area contributed by atoms with E-state index in [2.05, 4.69) is 10.6 Å².